The molecule has 0 spiro atoms. The predicted molar refractivity (Wildman–Crippen MR) is 109 cm³/mol. The zero-order valence-electron chi connectivity index (χ0n) is 16.9. The first-order valence-electron chi connectivity index (χ1n) is 9.77. The van der Waals surface area contributed by atoms with Crippen LogP contribution in [0, 0.1) is 23.0 Å². The van der Waals surface area contributed by atoms with E-state index in [0.717, 1.165) is 0 Å². The number of carbonyl (C=O) groups excluding carboxylic acids is 1. The van der Waals surface area contributed by atoms with Gasteiger partial charge in [0.2, 0.25) is 5.91 Å². The number of likely N-dealkylation sites (N-methyl/N-ethyl adjacent to an activating group) is 1. The molecule has 2 aromatic rings. The van der Waals surface area contributed by atoms with E-state index in [1.54, 1.807) is 42.3 Å². The first-order chi connectivity index (χ1) is 14.5. The molecule has 30 heavy (non-hydrogen) atoms. The van der Waals surface area contributed by atoms with E-state index in [9.17, 15) is 18.8 Å². The van der Waals surface area contributed by atoms with Crippen LogP contribution in [-0.2, 0) is 4.79 Å². The molecule has 1 amide bonds. The maximum atomic E-state index is 13.8. The molecule has 1 aliphatic rings. The van der Waals surface area contributed by atoms with E-state index in [1.165, 1.54) is 12.1 Å². The quantitative estimate of drug-likeness (QED) is 0.697. The van der Waals surface area contributed by atoms with Crippen molar-refractivity contribution in [3.05, 3.63) is 59.7 Å². The van der Waals surface area contributed by atoms with E-state index in [2.05, 4.69) is 0 Å². The molecule has 1 fully saturated rings. The summed E-state index contributed by atoms with van der Waals surface area (Å²) in [5.74, 6) is -0.832. The van der Waals surface area contributed by atoms with Gasteiger partial charge in [-0.15, -0.1) is 0 Å². The lowest BCUT2D eigenvalue weighted by Crippen LogP contribution is -2.50. The summed E-state index contributed by atoms with van der Waals surface area (Å²) in [4.78, 5) is 18.0. The molecule has 0 unspecified atom stereocenters. The van der Waals surface area contributed by atoms with Crippen LogP contribution in [0.4, 0.5) is 14.5 Å². The third kappa shape index (κ3) is 5.24. The number of piperazine rings is 1. The molecular weight excluding hydrogens is 390 g/mol. The van der Waals surface area contributed by atoms with E-state index in [1.807, 2.05) is 15.9 Å². The summed E-state index contributed by atoms with van der Waals surface area (Å²) >= 11 is 0. The van der Waals surface area contributed by atoms with E-state index < -0.39 is 11.6 Å². The first kappa shape index (κ1) is 21.5. The highest BCUT2D eigenvalue weighted by Crippen LogP contribution is 2.23. The van der Waals surface area contributed by atoms with Gasteiger partial charge >= 0.3 is 0 Å². The lowest BCUT2D eigenvalue weighted by molar-refractivity contribution is -0.131. The average Bonchev–Trinajstić information content (AvgIpc) is 2.75. The number of amides is 1. The summed E-state index contributed by atoms with van der Waals surface area (Å²) in [7, 11) is 1.69. The lowest BCUT2D eigenvalue weighted by Gasteiger charge is -2.36. The zero-order valence-corrected chi connectivity index (χ0v) is 16.9. The Morgan fingerprint density at radius 3 is 2.50 bits per heavy atom. The Hall–Kier alpha value is -3.18. The van der Waals surface area contributed by atoms with Gasteiger partial charge in [0.1, 0.15) is 24.1 Å². The van der Waals surface area contributed by atoms with Crippen LogP contribution in [0.3, 0.4) is 0 Å². The second-order valence-electron chi connectivity index (χ2n) is 7.10. The Bertz CT molecular complexity index is 924. The molecule has 0 N–H and O–H groups in total. The molecule has 0 aliphatic carbocycles. The fourth-order valence-electron chi connectivity index (χ4n) is 3.32. The SMILES string of the molecule is CN(CCOc1ccccc1F)C(=O)CN1CCN(c2cccc(F)c2C#N)CC1. The molecule has 0 saturated carbocycles. The third-order valence-corrected chi connectivity index (χ3v) is 5.12. The topological polar surface area (TPSA) is 59.8 Å². The largest absolute Gasteiger partial charge is 0.489 e. The van der Waals surface area contributed by atoms with Crippen molar-refractivity contribution in [1.29, 1.82) is 5.26 Å². The number of hydrogen-bond donors (Lipinski definition) is 0. The maximum absolute atomic E-state index is 13.8. The van der Waals surface area contributed by atoms with Crippen LogP contribution in [0.5, 0.6) is 5.75 Å². The number of halogens is 2. The Labute approximate surface area is 174 Å². The van der Waals surface area contributed by atoms with Crippen LogP contribution in [0.1, 0.15) is 5.56 Å². The molecule has 2 aromatic carbocycles. The molecule has 6 nitrogen and oxygen atoms in total. The fourth-order valence-corrected chi connectivity index (χ4v) is 3.32. The summed E-state index contributed by atoms with van der Waals surface area (Å²) in [6.07, 6.45) is 0. The number of hydrogen-bond acceptors (Lipinski definition) is 5. The van der Waals surface area contributed by atoms with Crippen LogP contribution in [-0.4, -0.2) is 68.6 Å². The molecule has 1 saturated heterocycles. The zero-order chi connectivity index (χ0) is 21.5. The summed E-state index contributed by atoms with van der Waals surface area (Å²) in [5.41, 5.74) is 0.641. The second kappa shape index (κ2) is 10.0. The number of benzene rings is 2. The van der Waals surface area contributed by atoms with E-state index in [0.29, 0.717) is 38.4 Å². The molecule has 1 aliphatic heterocycles. The lowest BCUT2D eigenvalue weighted by atomic mass is 10.1. The highest BCUT2D eigenvalue weighted by atomic mass is 19.1. The number of carbonyl (C=O) groups is 1. The predicted octanol–water partition coefficient (Wildman–Crippen LogP) is 2.50. The minimum Gasteiger partial charge on any atom is -0.489 e. The molecule has 0 aromatic heterocycles. The van der Waals surface area contributed by atoms with E-state index >= 15 is 0 Å². The molecule has 8 heteroatoms. The maximum Gasteiger partial charge on any atom is 0.236 e. The fraction of sp³-hybridized carbons (Fsp3) is 0.364. The van der Waals surface area contributed by atoms with Gasteiger partial charge < -0.3 is 14.5 Å². The van der Waals surface area contributed by atoms with Crippen molar-refractivity contribution in [2.24, 2.45) is 0 Å². The second-order valence-corrected chi connectivity index (χ2v) is 7.10. The van der Waals surface area contributed by atoms with Crippen molar-refractivity contribution in [1.82, 2.24) is 9.80 Å². The number of ether oxygens (including phenoxy) is 1. The van der Waals surface area contributed by atoms with Gasteiger partial charge in [-0.25, -0.2) is 8.78 Å². The van der Waals surface area contributed by atoms with Gasteiger partial charge in [0, 0.05) is 33.2 Å². The van der Waals surface area contributed by atoms with Gasteiger partial charge in [-0.2, -0.15) is 5.26 Å². The van der Waals surface area contributed by atoms with Crippen LogP contribution in [0.2, 0.25) is 0 Å². The summed E-state index contributed by atoms with van der Waals surface area (Å²) in [6.45, 7) is 3.28. The molecular formula is C22H24F2N4O2. The Morgan fingerprint density at radius 2 is 1.80 bits per heavy atom. The number of nitriles is 1. The van der Waals surface area contributed by atoms with Crippen LogP contribution >= 0.6 is 0 Å². The molecule has 1 heterocycles. The normalized spacial score (nSPS) is 14.3. The van der Waals surface area contributed by atoms with Gasteiger partial charge in [0.05, 0.1) is 18.8 Å². The van der Waals surface area contributed by atoms with Crippen molar-refractivity contribution in [2.75, 3.05) is 57.8 Å². The minimum atomic E-state index is -0.521. The minimum absolute atomic E-state index is 0.0518. The Balaban J connectivity index is 1.44. The Kier molecular flexibility index (Phi) is 7.20. The summed E-state index contributed by atoms with van der Waals surface area (Å²) in [6, 6.07) is 12.7. The molecule has 0 bridgehead atoms. The summed E-state index contributed by atoms with van der Waals surface area (Å²) in [5, 5.41) is 9.21. The molecule has 0 atom stereocenters. The standard InChI is InChI=1S/C22H24F2N4O2/c1-26(13-14-30-21-8-3-2-5-19(21)24)22(29)16-27-9-11-28(12-10-27)20-7-4-6-18(23)17(20)15-25/h2-8H,9-14,16H2,1H3. The summed E-state index contributed by atoms with van der Waals surface area (Å²) < 4.78 is 32.8. The number of anilines is 1. The van der Waals surface area contributed by atoms with Crippen molar-refractivity contribution >= 4 is 11.6 Å². The Morgan fingerprint density at radius 1 is 1.10 bits per heavy atom. The van der Waals surface area contributed by atoms with Crippen molar-refractivity contribution in [3.8, 4) is 11.8 Å². The van der Waals surface area contributed by atoms with Crippen LogP contribution in [0.15, 0.2) is 42.5 Å². The first-order valence-corrected chi connectivity index (χ1v) is 9.77. The van der Waals surface area contributed by atoms with Crippen molar-refractivity contribution in [2.45, 2.75) is 0 Å². The van der Waals surface area contributed by atoms with Crippen LogP contribution < -0.4 is 9.64 Å². The van der Waals surface area contributed by atoms with Crippen LogP contribution in [0.25, 0.3) is 0 Å². The van der Waals surface area contributed by atoms with Gasteiger partial charge in [0.25, 0.3) is 0 Å². The van der Waals surface area contributed by atoms with E-state index in [4.69, 9.17) is 4.74 Å². The van der Waals surface area contributed by atoms with Gasteiger partial charge in [-0.1, -0.05) is 18.2 Å². The highest BCUT2D eigenvalue weighted by Gasteiger charge is 2.23. The average molecular weight is 414 g/mol. The van der Waals surface area contributed by atoms with Crippen molar-refractivity contribution in [3.63, 3.8) is 0 Å². The van der Waals surface area contributed by atoms with Crippen molar-refractivity contribution < 1.29 is 18.3 Å². The number of nitrogens with zero attached hydrogens (tertiary/aromatic N) is 4. The van der Waals surface area contributed by atoms with Gasteiger partial charge in [-0.3, -0.25) is 9.69 Å². The molecule has 3 rings (SSSR count). The number of rotatable bonds is 7. The van der Waals surface area contributed by atoms with Gasteiger partial charge in [0.15, 0.2) is 11.6 Å². The third-order valence-electron chi connectivity index (χ3n) is 5.12. The molecule has 158 valence electrons. The van der Waals surface area contributed by atoms with E-state index in [-0.39, 0.29) is 30.4 Å². The van der Waals surface area contributed by atoms with Gasteiger partial charge in [-0.05, 0) is 24.3 Å². The highest BCUT2D eigenvalue weighted by molar-refractivity contribution is 5.78. The smallest absolute Gasteiger partial charge is 0.236 e. The number of para-hydroxylation sites is 1. The monoisotopic (exact) mass is 414 g/mol. The molecule has 0 radical (unpaired) electrons.